The first-order valence-corrected chi connectivity index (χ1v) is 9.46. The summed E-state index contributed by atoms with van der Waals surface area (Å²) in [5.41, 5.74) is 7.44. The van der Waals surface area contributed by atoms with Crippen molar-refractivity contribution in [1.82, 2.24) is 19.1 Å². The maximum absolute atomic E-state index is 4.98. The first-order chi connectivity index (χ1) is 13.5. The Kier molecular flexibility index (Phi) is 5.04. The maximum Gasteiger partial charge on any atom is 0.404 e. The molecule has 0 atom stereocenters. The summed E-state index contributed by atoms with van der Waals surface area (Å²) in [4.78, 5) is 9.11. The molecule has 2 aromatic heterocycles. The number of aromatic nitrogens is 3. The van der Waals surface area contributed by atoms with Crippen LogP contribution in [0.25, 0.3) is 22.2 Å². The van der Waals surface area contributed by atoms with Crippen molar-refractivity contribution in [2.24, 2.45) is 0 Å². The molecule has 5 heteroatoms. The number of aryl methyl sites for hydroxylation is 1. The van der Waals surface area contributed by atoms with Gasteiger partial charge in [-0.1, -0.05) is 42.0 Å². The molecule has 1 aliphatic heterocycles. The molecule has 0 bridgehead atoms. The molecule has 141 valence electrons. The van der Waals surface area contributed by atoms with Crippen LogP contribution in [0.2, 0.25) is 0 Å². The van der Waals surface area contributed by atoms with E-state index < -0.39 is 0 Å². The van der Waals surface area contributed by atoms with Crippen molar-refractivity contribution in [1.29, 1.82) is 0 Å². The zero-order chi connectivity index (χ0) is 19.5. The van der Waals surface area contributed by atoms with E-state index in [0.717, 1.165) is 39.4 Å². The second kappa shape index (κ2) is 7.26. The van der Waals surface area contributed by atoms with Crippen molar-refractivity contribution in [3.8, 4) is 11.1 Å². The number of fused-ring (bicyclic) bond motifs is 3. The van der Waals surface area contributed by atoms with Gasteiger partial charge in [0.2, 0.25) is 0 Å². The van der Waals surface area contributed by atoms with Crippen LogP contribution in [-0.2, 0) is 38.2 Å². The fourth-order valence-electron chi connectivity index (χ4n) is 4.01. The Labute approximate surface area is 196 Å². The monoisotopic (exact) mass is 454 g/mol. The van der Waals surface area contributed by atoms with Crippen molar-refractivity contribution in [3.63, 3.8) is 0 Å². The summed E-state index contributed by atoms with van der Waals surface area (Å²) in [5.74, 6) is 0.958. The summed E-state index contributed by atoms with van der Waals surface area (Å²) < 4.78 is 4.62. The van der Waals surface area contributed by atoms with Gasteiger partial charge in [-0.15, -0.1) is 12.1 Å². The Morgan fingerprint density at radius 3 is 2.59 bits per heavy atom. The van der Waals surface area contributed by atoms with Gasteiger partial charge in [-0.05, 0) is 32.9 Å². The topological polar surface area (TPSA) is 33.7 Å². The predicted octanol–water partition coefficient (Wildman–Crippen LogP) is 5.05. The molecule has 1 aliphatic rings. The molecular weight excluding hydrogens is 433 g/mol. The van der Waals surface area contributed by atoms with Crippen LogP contribution in [0.3, 0.4) is 0 Å². The van der Waals surface area contributed by atoms with Gasteiger partial charge in [-0.25, -0.2) is 20.3 Å². The van der Waals surface area contributed by atoms with Crippen LogP contribution in [0.5, 0.6) is 0 Å². The summed E-state index contributed by atoms with van der Waals surface area (Å²) in [6.45, 7) is 8.81. The summed E-state index contributed by atoms with van der Waals surface area (Å²) in [5, 5.41) is 0. The van der Waals surface area contributed by atoms with Gasteiger partial charge < -0.3 is 4.98 Å². The van der Waals surface area contributed by atoms with Gasteiger partial charge in [0, 0.05) is 38.4 Å². The van der Waals surface area contributed by atoms with Crippen molar-refractivity contribution in [3.05, 3.63) is 72.6 Å². The minimum absolute atomic E-state index is 0. The normalized spacial score (nSPS) is 14.8. The number of imidazole rings is 1. The van der Waals surface area contributed by atoms with Gasteiger partial charge in [0.1, 0.15) is 11.1 Å². The molecule has 0 spiro atoms. The largest absolute Gasteiger partial charge is 0.404 e. The molecule has 29 heavy (non-hydrogen) atoms. The molecule has 0 fully saturated rings. The number of nitrogens with zero attached hydrogens (tertiary/aromatic N) is 4. The van der Waals surface area contributed by atoms with Crippen molar-refractivity contribution in [2.75, 3.05) is 0 Å². The molecule has 2 aromatic carbocycles. The minimum atomic E-state index is -0.169. The van der Waals surface area contributed by atoms with Crippen LogP contribution < -0.4 is 4.58 Å². The molecule has 0 saturated carbocycles. The first kappa shape index (κ1) is 20.1. The Balaban J connectivity index is 0.00000205. The number of rotatable bonds is 2. The zero-order valence-electron chi connectivity index (χ0n) is 17.1. The van der Waals surface area contributed by atoms with Gasteiger partial charge in [-0.2, -0.15) is 18.2 Å². The molecule has 4 aromatic rings. The van der Waals surface area contributed by atoms with E-state index in [1.807, 2.05) is 24.3 Å². The Hall–Kier alpha value is -2.17. The molecule has 5 rings (SSSR count). The van der Waals surface area contributed by atoms with Crippen molar-refractivity contribution in [2.45, 2.75) is 33.2 Å². The third-order valence-electron chi connectivity index (χ3n) is 5.79. The molecule has 0 aliphatic carbocycles. The van der Waals surface area contributed by atoms with E-state index in [2.05, 4.69) is 78.4 Å². The van der Waals surface area contributed by atoms with Gasteiger partial charge in [0.15, 0.2) is 5.52 Å². The van der Waals surface area contributed by atoms with E-state index in [4.69, 9.17) is 4.98 Å². The average Bonchev–Trinajstić information content (AvgIpc) is 3.17. The van der Waals surface area contributed by atoms with E-state index in [1.54, 1.807) is 6.20 Å². The summed E-state index contributed by atoms with van der Waals surface area (Å²) in [6, 6.07) is 19.8. The third kappa shape index (κ3) is 3.01. The molecule has 0 N–H and O–H groups in total. The Morgan fingerprint density at radius 1 is 1.03 bits per heavy atom. The second-order valence-electron chi connectivity index (χ2n) is 7.79. The number of hydrogen-bond donors (Lipinski definition) is 0. The maximum atomic E-state index is 4.98. The quantitative estimate of drug-likeness (QED) is 0.314. The molecule has 0 saturated heterocycles. The zero-order valence-corrected chi connectivity index (χ0v) is 19.9. The fraction of sp³-hybridized carbons (Fsp3) is 0.208. The smallest absolute Gasteiger partial charge is 0.371 e. The minimum Gasteiger partial charge on any atom is -0.371 e. The third-order valence-corrected chi connectivity index (χ3v) is 5.79. The van der Waals surface area contributed by atoms with Crippen LogP contribution in [-0.4, -0.2) is 20.2 Å². The molecule has 0 unspecified atom stereocenters. The van der Waals surface area contributed by atoms with Crippen molar-refractivity contribution < 1.29 is 32.7 Å². The SMILES string of the molecule is CC1=[N+](c2cc(-c3[c-]nccc3)[c-]cc2C)c2nc3ccccc3n2C1(C)C.[Y]. The Morgan fingerprint density at radius 2 is 1.83 bits per heavy atom. The van der Waals surface area contributed by atoms with Crippen LogP contribution in [0.1, 0.15) is 26.3 Å². The molecular formula is C24H21N4Y-. The summed E-state index contributed by atoms with van der Waals surface area (Å²) in [6.07, 6.45) is 4.80. The van der Waals surface area contributed by atoms with Gasteiger partial charge in [0.05, 0.1) is 5.71 Å². The van der Waals surface area contributed by atoms with Crippen LogP contribution in [0, 0.1) is 19.2 Å². The van der Waals surface area contributed by atoms with Crippen LogP contribution in [0.15, 0.2) is 54.7 Å². The molecule has 3 heterocycles. The Bertz CT molecular complexity index is 1250. The first-order valence-electron chi connectivity index (χ1n) is 9.46. The number of para-hydroxylation sites is 2. The van der Waals surface area contributed by atoms with E-state index in [1.165, 1.54) is 5.71 Å². The number of pyridine rings is 1. The van der Waals surface area contributed by atoms with E-state index >= 15 is 0 Å². The van der Waals surface area contributed by atoms with Gasteiger partial charge in [0.25, 0.3) is 0 Å². The standard InChI is InChI=1S/C24H21N4.Y/c1-16-11-12-18(19-8-7-13-25-15-19)14-22(16)27-17(2)24(3,4)28-21-10-6-5-9-20(21)26-23(27)28;/h5-11,13-14H,1-4H3;/q-1;. The van der Waals surface area contributed by atoms with E-state index in [9.17, 15) is 0 Å². The average molecular weight is 454 g/mol. The second-order valence-corrected chi connectivity index (χ2v) is 7.79. The molecule has 0 amide bonds. The van der Waals surface area contributed by atoms with Crippen LogP contribution >= 0.6 is 0 Å². The van der Waals surface area contributed by atoms with Crippen LogP contribution in [0.4, 0.5) is 11.6 Å². The van der Waals surface area contributed by atoms with Crippen molar-refractivity contribution >= 4 is 28.4 Å². The summed E-state index contributed by atoms with van der Waals surface area (Å²) >= 11 is 0. The number of hydrogen-bond acceptors (Lipinski definition) is 2. The van der Waals surface area contributed by atoms with E-state index in [-0.39, 0.29) is 38.2 Å². The van der Waals surface area contributed by atoms with Gasteiger partial charge >= 0.3 is 5.95 Å². The van der Waals surface area contributed by atoms with E-state index in [0.29, 0.717) is 0 Å². The van der Waals surface area contributed by atoms with Gasteiger partial charge in [-0.3, -0.25) is 0 Å². The fourth-order valence-corrected chi connectivity index (χ4v) is 4.01. The molecule has 4 nitrogen and oxygen atoms in total. The summed E-state index contributed by atoms with van der Waals surface area (Å²) in [7, 11) is 0. The molecule has 1 radical (unpaired) electrons. The number of benzene rings is 2. The predicted molar refractivity (Wildman–Crippen MR) is 113 cm³/mol.